The molecule has 3 aliphatic carbocycles. The summed E-state index contributed by atoms with van der Waals surface area (Å²) in [4.78, 5) is 19.4. The van der Waals surface area contributed by atoms with Crippen molar-refractivity contribution >= 4 is 33.3 Å². The van der Waals surface area contributed by atoms with Gasteiger partial charge in [-0.15, -0.1) is 11.3 Å². The summed E-state index contributed by atoms with van der Waals surface area (Å²) in [6.07, 6.45) is 8.91. The number of nitrogens with one attached hydrogen (secondary N) is 2. The van der Waals surface area contributed by atoms with E-state index in [4.69, 9.17) is 15.0 Å². The zero-order valence-electron chi connectivity index (χ0n) is 22.1. The molecule has 3 heterocycles. The van der Waals surface area contributed by atoms with Crippen molar-refractivity contribution in [3.05, 3.63) is 23.7 Å². The van der Waals surface area contributed by atoms with E-state index in [1.165, 1.54) is 32.1 Å². The highest BCUT2D eigenvalue weighted by Crippen LogP contribution is 2.44. The van der Waals surface area contributed by atoms with Crippen LogP contribution < -0.4 is 10.6 Å². The van der Waals surface area contributed by atoms with Gasteiger partial charge >= 0.3 is 0 Å². The smallest absolute Gasteiger partial charge is 0.225 e. The van der Waals surface area contributed by atoms with Gasteiger partial charge in [0.15, 0.2) is 0 Å². The molecule has 0 spiro atoms. The monoisotopic (exact) mass is 538 g/mol. The Balaban J connectivity index is 1.37. The Morgan fingerprint density at radius 2 is 1.84 bits per heavy atom. The maximum absolute atomic E-state index is 10.8. The summed E-state index contributed by atoms with van der Waals surface area (Å²) in [6.45, 7) is 4.01. The van der Waals surface area contributed by atoms with Crippen LogP contribution >= 0.6 is 11.3 Å². The summed E-state index contributed by atoms with van der Waals surface area (Å²) in [7, 11) is 0. The fraction of sp³-hybridized carbons (Fsp3) is 0.643. The van der Waals surface area contributed by atoms with E-state index in [9.17, 15) is 15.3 Å². The predicted molar refractivity (Wildman–Crippen MR) is 149 cm³/mol. The molecular weight excluding hydrogens is 500 g/mol. The van der Waals surface area contributed by atoms with E-state index in [1.807, 2.05) is 19.2 Å². The second-order valence-electron chi connectivity index (χ2n) is 11.4. The molecule has 204 valence electrons. The number of hydrogen-bond donors (Lipinski definition) is 5. The molecule has 3 aromatic rings. The molecule has 0 radical (unpaired) electrons. The Labute approximate surface area is 227 Å². The summed E-state index contributed by atoms with van der Waals surface area (Å²) in [5.41, 5.74) is 3.62. The molecule has 3 aliphatic rings. The van der Waals surface area contributed by atoms with Gasteiger partial charge in [0.1, 0.15) is 22.4 Å². The standard InChI is InChI=1S/C28H38N6O3S/c1-14(16-6-4-3-5-7-16)30-28-31-15(2)21(26(34-28)32-19-12-18(13-35)24(36)25(19)37)27-33-23-20(38-27)10-11-29-22(23)17-8-9-17/h10-11,14,16-19,24-25,35-37H,3-9,12-13H2,1-2H3,(H2,30,31,32,34). The van der Waals surface area contributed by atoms with Gasteiger partial charge in [-0.1, -0.05) is 19.3 Å². The summed E-state index contributed by atoms with van der Waals surface area (Å²) in [6, 6.07) is 1.81. The summed E-state index contributed by atoms with van der Waals surface area (Å²) < 4.78 is 1.09. The van der Waals surface area contributed by atoms with Crippen molar-refractivity contribution in [3.63, 3.8) is 0 Å². The third kappa shape index (κ3) is 4.99. The van der Waals surface area contributed by atoms with Crippen LogP contribution in [0.1, 0.15) is 75.6 Å². The summed E-state index contributed by atoms with van der Waals surface area (Å²) in [5.74, 6) is 1.85. The maximum atomic E-state index is 10.8. The van der Waals surface area contributed by atoms with Crippen molar-refractivity contribution in [2.24, 2.45) is 11.8 Å². The molecule has 3 saturated carbocycles. The van der Waals surface area contributed by atoms with Gasteiger partial charge in [-0.3, -0.25) is 4.98 Å². The molecule has 9 nitrogen and oxygen atoms in total. The molecule has 0 aliphatic heterocycles. The third-order valence-corrected chi connectivity index (χ3v) is 9.71. The van der Waals surface area contributed by atoms with Crippen molar-refractivity contribution in [1.29, 1.82) is 0 Å². The van der Waals surface area contributed by atoms with Gasteiger partial charge in [0.2, 0.25) is 5.95 Å². The Bertz CT molecular complexity index is 1290. The van der Waals surface area contributed by atoms with Crippen LogP contribution in [0.25, 0.3) is 20.8 Å². The lowest BCUT2D eigenvalue weighted by Gasteiger charge is -2.28. The number of fused-ring (bicyclic) bond motifs is 1. The van der Waals surface area contributed by atoms with Crippen molar-refractivity contribution in [2.75, 3.05) is 17.2 Å². The first-order valence-electron chi connectivity index (χ1n) is 14.1. The van der Waals surface area contributed by atoms with Crippen LogP contribution in [-0.4, -0.2) is 66.2 Å². The minimum absolute atomic E-state index is 0.174. The van der Waals surface area contributed by atoms with Gasteiger partial charge in [-0.2, -0.15) is 4.98 Å². The van der Waals surface area contributed by atoms with Crippen LogP contribution in [0.4, 0.5) is 11.8 Å². The topological polar surface area (TPSA) is 136 Å². The Hall–Kier alpha value is -2.40. The molecule has 3 fully saturated rings. The van der Waals surface area contributed by atoms with Crippen molar-refractivity contribution in [2.45, 2.75) is 95.4 Å². The maximum Gasteiger partial charge on any atom is 0.225 e. The molecule has 5 N–H and O–H groups in total. The lowest BCUT2D eigenvalue weighted by atomic mass is 9.85. The predicted octanol–water partition coefficient (Wildman–Crippen LogP) is 4.23. The number of aryl methyl sites for hydroxylation is 1. The van der Waals surface area contributed by atoms with Crippen molar-refractivity contribution < 1.29 is 15.3 Å². The Morgan fingerprint density at radius 1 is 1.05 bits per heavy atom. The molecule has 6 rings (SSSR count). The minimum atomic E-state index is -1.01. The number of thiazole rings is 1. The quantitative estimate of drug-likeness (QED) is 0.285. The average molecular weight is 539 g/mol. The first kappa shape index (κ1) is 25.9. The lowest BCUT2D eigenvalue weighted by Crippen LogP contribution is -2.36. The zero-order valence-corrected chi connectivity index (χ0v) is 22.9. The molecule has 0 aromatic carbocycles. The van der Waals surface area contributed by atoms with Crippen LogP contribution in [-0.2, 0) is 0 Å². The third-order valence-electron chi connectivity index (χ3n) is 8.68. The van der Waals surface area contributed by atoms with Gasteiger partial charge in [0.25, 0.3) is 0 Å². The average Bonchev–Trinajstić information content (AvgIpc) is 3.62. The van der Waals surface area contributed by atoms with E-state index >= 15 is 0 Å². The number of hydrogen-bond acceptors (Lipinski definition) is 10. The fourth-order valence-corrected chi connectivity index (χ4v) is 7.28. The molecule has 38 heavy (non-hydrogen) atoms. The second-order valence-corrected chi connectivity index (χ2v) is 12.5. The Kier molecular flexibility index (Phi) is 7.24. The van der Waals surface area contributed by atoms with Crippen LogP contribution in [0, 0.1) is 18.8 Å². The Morgan fingerprint density at radius 3 is 2.55 bits per heavy atom. The highest BCUT2D eigenvalue weighted by Gasteiger charge is 2.41. The van der Waals surface area contributed by atoms with Gasteiger partial charge in [0, 0.05) is 30.7 Å². The first-order valence-corrected chi connectivity index (χ1v) is 14.9. The van der Waals surface area contributed by atoms with E-state index in [1.54, 1.807) is 11.3 Å². The number of pyridine rings is 1. The molecule has 0 bridgehead atoms. The largest absolute Gasteiger partial charge is 0.396 e. The van der Waals surface area contributed by atoms with Gasteiger partial charge in [0.05, 0.1) is 33.8 Å². The van der Waals surface area contributed by atoms with Crippen LogP contribution in [0.5, 0.6) is 0 Å². The van der Waals surface area contributed by atoms with Crippen LogP contribution in [0.15, 0.2) is 12.3 Å². The van der Waals surface area contributed by atoms with E-state index in [0.29, 0.717) is 30.0 Å². The first-order chi connectivity index (χ1) is 18.4. The van der Waals surface area contributed by atoms with Crippen LogP contribution in [0.2, 0.25) is 0 Å². The highest BCUT2D eigenvalue weighted by molar-refractivity contribution is 7.21. The van der Waals surface area contributed by atoms with E-state index in [-0.39, 0.29) is 18.6 Å². The molecule has 0 amide bonds. The van der Waals surface area contributed by atoms with E-state index in [2.05, 4.69) is 22.5 Å². The highest BCUT2D eigenvalue weighted by atomic mass is 32.1. The van der Waals surface area contributed by atoms with E-state index in [0.717, 1.165) is 45.0 Å². The second kappa shape index (κ2) is 10.6. The molecule has 0 saturated heterocycles. The normalized spacial score (nSPS) is 27.1. The van der Waals surface area contributed by atoms with Crippen molar-refractivity contribution in [1.82, 2.24) is 19.9 Å². The van der Waals surface area contributed by atoms with Gasteiger partial charge in [-0.25, -0.2) is 9.97 Å². The number of aliphatic hydroxyl groups is 3. The number of aromatic nitrogens is 4. The van der Waals surface area contributed by atoms with Gasteiger partial charge in [-0.05, 0) is 57.9 Å². The number of anilines is 2. The minimum Gasteiger partial charge on any atom is -0.396 e. The van der Waals surface area contributed by atoms with Crippen molar-refractivity contribution in [3.8, 4) is 10.6 Å². The summed E-state index contributed by atoms with van der Waals surface area (Å²) in [5, 5.41) is 38.7. The van der Waals surface area contributed by atoms with Gasteiger partial charge < -0.3 is 26.0 Å². The van der Waals surface area contributed by atoms with Crippen LogP contribution in [0.3, 0.4) is 0 Å². The number of aliphatic hydroxyl groups excluding tert-OH is 3. The lowest BCUT2D eigenvalue weighted by molar-refractivity contribution is 0.00446. The molecule has 10 heteroatoms. The molecule has 5 unspecified atom stereocenters. The fourth-order valence-electron chi connectivity index (χ4n) is 6.22. The number of rotatable bonds is 8. The SMILES string of the molecule is Cc1nc(NC(C)C2CCCCC2)nc(NC2CC(CO)C(O)C2O)c1-c1nc2c(C3CC3)nccc2s1. The van der Waals surface area contributed by atoms with E-state index < -0.39 is 18.2 Å². The zero-order chi connectivity index (χ0) is 26.4. The summed E-state index contributed by atoms with van der Waals surface area (Å²) >= 11 is 1.60. The molecular formula is C28H38N6O3S. The number of nitrogens with zero attached hydrogens (tertiary/aromatic N) is 4. The molecule has 3 aromatic heterocycles. The molecule has 5 atom stereocenters.